The second-order valence-corrected chi connectivity index (χ2v) is 6.73. The molecule has 0 radical (unpaired) electrons. The van der Waals surface area contributed by atoms with Crippen LogP contribution in [0, 0.1) is 25.6 Å². The third kappa shape index (κ3) is 3.97. The molecule has 0 aliphatic rings. The van der Waals surface area contributed by atoms with Crippen molar-refractivity contribution < 1.29 is 9.18 Å². The van der Waals surface area contributed by atoms with Crippen molar-refractivity contribution in [1.82, 2.24) is 9.55 Å². The molecule has 0 N–H and O–H groups in total. The summed E-state index contributed by atoms with van der Waals surface area (Å²) in [6.07, 6.45) is 0. The number of carbonyl (C=O) groups excluding carboxylic acids is 1. The van der Waals surface area contributed by atoms with E-state index in [-0.39, 0.29) is 11.6 Å². The van der Waals surface area contributed by atoms with Gasteiger partial charge >= 0.3 is 0 Å². The number of hydrogen-bond acceptors (Lipinski definition) is 3. The quantitative estimate of drug-likeness (QED) is 0.589. The van der Waals surface area contributed by atoms with Crippen molar-refractivity contribution in [1.29, 1.82) is 0 Å². The van der Waals surface area contributed by atoms with Gasteiger partial charge in [-0.05, 0) is 44.0 Å². The predicted molar refractivity (Wildman–Crippen MR) is 88.0 cm³/mol. The number of imidazole rings is 1. The molecule has 118 valence electrons. The van der Waals surface area contributed by atoms with Gasteiger partial charge in [0.15, 0.2) is 10.9 Å². The van der Waals surface area contributed by atoms with Gasteiger partial charge in [0.25, 0.3) is 0 Å². The lowest BCUT2D eigenvalue weighted by Crippen LogP contribution is -2.09. The van der Waals surface area contributed by atoms with E-state index in [9.17, 15) is 9.18 Å². The molecule has 0 unspecified atom stereocenters. The van der Waals surface area contributed by atoms with Gasteiger partial charge in [0.05, 0.1) is 11.4 Å². The number of ketones is 1. The number of halogens is 1. The first-order valence-corrected chi connectivity index (χ1v) is 8.32. The van der Waals surface area contributed by atoms with Crippen molar-refractivity contribution in [3.05, 3.63) is 47.0 Å². The van der Waals surface area contributed by atoms with E-state index >= 15 is 0 Å². The monoisotopic (exact) mass is 320 g/mol. The smallest absolute Gasteiger partial charge is 0.173 e. The molecular formula is C17H21FN2OS. The van der Waals surface area contributed by atoms with Gasteiger partial charge in [0.1, 0.15) is 5.82 Å². The number of benzene rings is 1. The van der Waals surface area contributed by atoms with Gasteiger partial charge in [-0.2, -0.15) is 0 Å². The highest BCUT2D eigenvalue weighted by atomic mass is 32.2. The van der Waals surface area contributed by atoms with Gasteiger partial charge in [-0.25, -0.2) is 9.37 Å². The van der Waals surface area contributed by atoms with Crippen molar-refractivity contribution in [3.63, 3.8) is 0 Å². The van der Waals surface area contributed by atoms with Crippen LogP contribution in [-0.4, -0.2) is 21.1 Å². The van der Waals surface area contributed by atoms with E-state index in [1.807, 2.05) is 6.92 Å². The van der Waals surface area contributed by atoms with Crippen molar-refractivity contribution in [2.24, 2.45) is 5.92 Å². The zero-order chi connectivity index (χ0) is 16.3. The maximum absolute atomic E-state index is 12.9. The molecule has 2 rings (SSSR count). The average molecular weight is 320 g/mol. The first-order valence-electron chi connectivity index (χ1n) is 7.33. The minimum absolute atomic E-state index is 0.0144. The third-order valence-electron chi connectivity index (χ3n) is 3.47. The molecule has 2 aromatic rings. The van der Waals surface area contributed by atoms with Gasteiger partial charge in [-0.3, -0.25) is 4.79 Å². The van der Waals surface area contributed by atoms with Gasteiger partial charge in [-0.1, -0.05) is 25.6 Å². The van der Waals surface area contributed by atoms with Gasteiger partial charge < -0.3 is 4.57 Å². The fourth-order valence-electron chi connectivity index (χ4n) is 2.16. The molecule has 0 aliphatic carbocycles. The minimum atomic E-state index is -0.331. The van der Waals surface area contributed by atoms with Crippen LogP contribution in [0.15, 0.2) is 29.4 Å². The summed E-state index contributed by atoms with van der Waals surface area (Å²) in [5, 5.41) is 0.874. The molecule has 0 bridgehead atoms. The van der Waals surface area contributed by atoms with E-state index in [0.717, 1.165) is 23.1 Å². The molecule has 1 aromatic heterocycles. The number of hydrogen-bond donors (Lipinski definition) is 0. The normalized spacial score (nSPS) is 11.2. The molecular weight excluding hydrogens is 299 g/mol. The lowest BCUT2D eigenvalue weighted by molar-refractivity contribution is 0.102. The van der Waals surface area contributed by atoms with Crippen LogP contribution in [0.5, 0.6) is 0 Å². The van der Waals surface area contributed by atoms with E-state index in [0.29, 0.717) is 17.2 Å². The van der Waals surface area contributed by atoms with Crippen molar-refractivity contribution in [2.75, 3.05) is 5.75 Å². The summed E-state index contributed by atoms with van der Waals surface area (Å²) in [6.45, 7) is 9.24. The third-order valence-corrected chi connectivity index (χ3v) is 4.45. The first kappa shape index (κ1) is 16.7. The number of rotatable bonds is 6. The number of Topliss-reactive ketones (excluding diaryl/α,β-unsaturated/α-hetero) is 1. The molecule has 3 nitrogen and oxygen atoms in total. The standard InChI is InChI=1S/C17H21FN2OS/c1-11(2)9-20-13(4)12(3)19-17(20)22-10-16(21)14-5-7-15(18)8-6-14/h5-8,11H,9-10H2,1-4H3. The lowest BCUT2D eigenvalue weighted by atomic mass is 10.1. The number of nitrogens with zero attached hydrogens (tertiary/aromatic N) is 2. The Hall–Kier alpha value is -1.62. The van der Waals surface area contributed by atoms with Gasteiger partial charge in [-0.15, -0.1) is 0 Å². The molecule has 0 saturated heterocycles. The second kappa shape index (κ2) is 7.09. The molecule has 0 amide bonds. The Kier molecular flexibility index (Phi) is 5.40. The second-order valence-electron chi connectivity index (χ2n) is 5.79. The van der Waals surface area contributed by atoms with Crippen LogP contribution in [-0.2, 0) is 6.54 Å². The SMILES string of the molecule is Cc1nc(SCC(=O)c2ccc(F)cc2)n(CC(C)C)c1C. The average Bonchev–Trinajstić information content (AvgIpc) is 2.73. The van der Waals surface area contributed by atoms with Gasteiger partial charge in [0.2, 0.25) is 0 Å². The first-order chi connectivity index (χ1) is 10.4. The highest BCUT2D eigenvalue weighted by Crippen LogP contribution is 2.23. The van der Waals surface area contributed by atoms with E-state index in [2.05, 4.69) is 30.3 Å². The zero-order valence-corrected chi connectivity index (χ0v) is 14.2. The fourth-order valence-corrected chi connectivity index (χ4v) is 3.16. The van der Waals surface area contributed by atoms with Crippen LogP contribution in [0.3, 0.4) is 0 Å². The molecule has 0 fully saturated rings. The summed E-state index contributed by atoms with van der Waals surface area (Å²) >= 11 is 1.44. The number of aryl methyl sites for hydroxylation is 1. The van der Waals surface area contributed by atoms with Crippen molar-refractivity contribution >= 4 is 17.5 Å². The Morgan fingerprint density at radius 3 is 2.50 bits per heavy atom. The molecule has 22 heavy (non-hydrogen) atoms. The Morgan fingerprint density at radius 2 is 1.91 bits per heavy atom. The van der Waals surface area contributed by atoms with Crippen molar-refractivity contribution in [3.8, 4) is 0 Å². The van der Waals surface area contributed by atoms with Crippen LogP contribution in [0.4, 0.5) is 4.39 Å². The van der Waals surface area contributed by atoms with Crippen LogP contribution >= 0.6 is 11.8 Å². The van der Waals surface area contributed by atoms with Gasteiger partial charge in [0, 0.05) is 17.8 Å². The van der Waals surface area contributed by atoms with Crippen LogP contribution in [0.2, 0.25) is 0 Å². The van der Waals surface area contributed by atoms with E-state index in [1.165, 1.54) is 36.0 Å². The summed E-state index contributed by atoms with van der Waals surface area (Å²) in [6, 6.07) is 5.67. The molecule has 0 atom stereocenters. The molecule has 0 aliphatic heterocycles. The molecule has 0 saturated carbocycles. The maximum atomic E-state index is 12.9. The van der Waals surface area contributed by atoms with Crippen LogP contribution in [0.1, 0.15) is 35.6 Å². The number of aromatic nitrogens is 2. The molecule has 0 spiro atoms. The minimum Gasteiger partial charge on any atom is -0.323 e. The summed E-state index contributed by atoms with van der Waals surface area (Å²) in [5.41, 5.74) is 2.67. The topological polar surface area (TPSA) is 34.9 Å². The summed E-state index contributed by atoms with van der Waals surface area (Å²) in [4.78, 5) is 16.7. The highest BCUT2D eigenvalue weighted by molar-refractivity contribution is 7.99. The Balaban J connectivity index is 2.09. The number of carbonyl (C=O) groups is 1. The maximum Gasteiger partial charge on any atom is 0.173 e. The highest BCUT2D eigenvalue weighted by Gasteiger charge is 2.15. The summed E-state index contributed by atoms with van der Waals surface area (Å²) in [5.74, 6) is 0.473. The summed E-state index contributed by atoms with van der Waals surface area (Å²) in [7, 11) is 0. The van der Waals surface area contributed by atoms with Crippen LogP contribution < -0.4 is 0 Å². The molecule has 5 heteroatoms. The zero-order valence-electron chi connectivity index (χ0n) is 13.4. The summed E-state index contributed by atoms with van der Waals surface area (Å²) < 4.78 is 15.1. The molecule has 1 heterocycles. The largest absolute Gasteiger partial charge is 0.323 e. The fraction of sp³-hybridized carbons (Fsp3) is 0.412. The van der Waals surface area contributed by atoms with Crippen molar-refractivity contribution in [2.45, 2.75) is 39.4 Å². The Morgan fingerprint density at radius 1 is 1.27 bits per heavy atom. The number of thioether (sulfide) groups is 1. The van der Waals surface area contributed by atoms with E-state index < -0.39 is 0 Å². The Labute approximate surface area is 134 Å². The molecule has 1 aromatic carbocycles. The lowest BCUT2D eigenvalue weighted by Gasteiger charge is -2.12. The van der Waals surface area contributed by atoms with E-state index in [4.69, 9.17) is 0 Å². The predicted octanol–water partition coefficient (Wildman–Crippen LogP) is 4.27. The Bertz CT molecular complexity index is 662. The van der Waals surface area contributed by atoms with E-state index in [1.54, 1.807) is 0 Å². The van der Waals surface area contributed by atoms with Crippen LogP contribution in [0.25, 0.3) is 0 Å².